The number of fused-ring (bicyclic) bond motifs is 1. The standard InChI is InChI=1S/C9H7BrN2O3/c1-2-8-11-6-3-5(10)4-7(12(13)14)9(6)15-8/h3-4H,2H2,1H3. The molecule has 0 unspecified atom stereocenters. The maximum Gasteiger partial charge on any atom is 0.315 e. The maximum absolute atomic E-state index is 10.8. The van der Waals surface area contributed by atoms with E-state index < -0.39 is 4.92 Å². The molecule has 0 N–H and O–H groups in total. The number of non-ortho nitro benzene ring substituents is 1. The van der Waals surface area contributed by atoms with Gasteiger partial charge in [0.25, 0.3) is 0 Å². The van der Waals surface area contributed by atoms with E-state index in [-0.39, 0.29) is 11.3 Å². The Morgan fingerprint density at radius 2 is 2.33 bits per heavy atom. The van der Waals surface area contributed by atoms with E-state index in [0.717, 1.165) is 0 Å². The van der Waals surface area contributed by atoms with Crippen LogP contribution in [0.5, 0.6) is 0 Å². The van der Waals surface area contributed by atoms with Crippen molar-refractivity contribution in [1.29, 1.82) is 0 Å². The summed E-state index contributed by atoms with van der Waals surface area (Å²) in [6.07, 6.45) is 0.615. The lowest BCUT2D eigenvalue weighted by Crippen LogP contribution is -1.88. The zero-order valence-electron chi connectivity index (χ0n) is 7.86. The third-order valence-corrected chi connectivity index (χ3v) is 2.44. The first-order valence-electron chi connectivity index (χ1n) is 4.35. The molecule has 0 bridgehead atoms. The molecule has 0 aliphatic heterocycles. The highest BCUT2D eigenvalue weighted by molar-refractivity contribution is 9.10. The number of halogens is 1. The summed E-state index contributed by atoms with van der Waals surface area (Å²) in [5.41, 5.74) is 0.680. The number of nitrogens with zero attached hydrogens (tertiary/aromatic N) is 2. The molecule has 1 aromatic heterocycles. The lowest BCUT2D eigenvalue weighted by atomic mass is 10.3. The van der Waals surface area contributed by atoms with Crippen LogP contribution in [0.2, 0.25) is 0 Å². The molecule has 78 valence electrons. The number of benzene rings is 1. The molecule has 5 nitrogen and oxygen atoms in total. The van der Waals surface area contributed by atoms with E-state index >= 15 is 0 Å². The van der Waals surface area contributed by atoms with E-state index in [9.17, 15) is 10.1 Å². The van der Waals surface area contributed by atoms with Gasteiger partial charge in [-0.25, -0.2) is 4.98 Å². The fourth-order valence-electron chi connectivity index (χ4n) is 1.31. The fourth-order valence-corrected chi connectivity index (χ4v) is 1.75. The van der Waals surface area contributed by atoms with Gasteiger partial charge in [-0.3, -0.25) is 10.1 Å². The number of nitro groups is 1. The third kappa shape index (κ3) is 1.72. The van der Waals surface area contributed by atoms with E-state index in [2.05, 4.69) is 20.9 Å². The first-order chi connectivity index (χ1) is 7.11. The summed E-state index contributed by atoms with van der Waals surface area (Å²) in [5, 5.41) is 10.8. The van der Waals surface area contributed by atoms with Gasteiger partial charge < -0.3 is 4.42 Å². The van der Waals surface area contributed by atoms with Crippen molar-refractivity contribution in [3.05, 3.63) is 32.6 Å². The Hall–Kier alpha value is -1.43. The molecule has 2 rings (SSSR count). The molecule has 0 amide bonds. The first kappa shape index (κ1) is 10.1. The molecule has 1 heterocycles. The van der Waals surface area contributed by atoms with Gasteiger partial charge in [0.05, 0.1) is 4.92 Å². The van der Waals surface area contributed by atoms with E-state index in [1.165, 1.54) is 6.07 Å². The number of nitro benzene ring substituents is 1. The summed E-state index contributed by atoms with van der Waals surface area (Å²) in [4.78, 5) is 14.4. The Morgan fingerprint density at radius 1 is 1.60 bits per heavy atom. The van der Waals surface area contributed by atoms with Crippen molar-refractivity contribution in [2.45, 2.75) is 13.3 Å². The van der Waals surface area contributed by atoms with Crippen molar-refractivity contribution < 1.29 is 9.34 Å². The fraction of sp³-hybridized carbons (Fsp3) is 0.222. The van der Waals surface area contributed by atoms with Gasteiger partial charge in [0.1, 0.15) is 5.52 Å². The summed E-state index contributed by atoms with van der Waals surface area (Å²) in [7, 11) is 0. The summed E-state index contributed by atoms with van der Waals surface area (Å²) in [6.45, 7) is 1.88. The van der Waals surface area contributed by atoms with Gasteiger partial charge >= 0.3 is 5.69 Å². The van der Waals surface area contributed by atoms with Crippen LogP contribution in [0, 0.1) is 10.1 Å². The highest BCUT2D eigenvalue weighted by Crippen LogP contribution is 2.30. The van der Waals surface area contributed by atoms with Gasteiger partial charge in [-0.1, -0.05) is 22.9 Å². The van der Waals surface area contributed by atoms with Crippen LogP contribution in [-0.2, 0) is 6.42 Å². The number of aryl methyl sites for hydroxylation is 1. The topological polar surface area (TPSA) is 69.2 Å². The molecule has 0 aliphatic rings. The van der Waals surface area contributed by atoms with Crippen molar-refractivity contribution in [2.24, 2.45) is 0 Å². The lowest BCUT2D eigenvalue weighted by Gasteiger charge is -1.92. The number of oxazole rings is 1. The number of hydrogen-bond donors (Lipinski definition) is 0. The van der Waals surface area contributed by atoms with Crippen LogP contribution < -0.4 is 0 Å². The Labute approximate surface area is 93.4 Å². The van der Waals surface area contributed by atoms with Gasteiger partial charge in [0.2, 0.25) is 5.58 Å². The molecule has 2 aromatic rings. The van der Waals surface area contributed by atoms with Crippen LogP contribution in [0.4, 0.5) is 5.69 Å². The molecule has 0 saturated heterocycles. The molecule has 0 aliphatic carbocycles. The summed E-state index contributed by atoms with van der Waals surface area (Å²) < 4.78 is 5.91. The summed E-state index contributed by atoms with van der Waals surface area (Å²) >= 11 is 3.20. The second kappa shape index (κ2) is 3.62. The molecule has 0 saturated carbocycles. The van der Waals surface area contributed by atoms with E-state index in [0.29, 0.717) is 22.3 Å². The Kier molecular flexibility index (Phi) is 2.44. The van der Waals surface area contributed by atoms with Crippen molar-refractivity contribution in [1.82, 2.24) is 4.98 Å². The SMILES string of the molecule is CCc1nc2cc(Br)cc([N+](=O)[O-])c2o1. The molecule has 6 heteroatoms. The second-order valence-electron chi connectivity index (χ2n) is 2.99. The monoisotopic (exact) mass is 270 g/mol. The highest BCUT2D eigenvalue weighted by Gasteiger charge is 2.18. The average Bonchev–Trinajstić information content (AvgIpc) is 2.58. The van der Waals surface area contributed by atoms with Crippen molar-refractivity contribution >= 4 is 32.7 Å². The van der Waals surface area contributed by atoms with Crippen LogP contribution in [-0.4, -0.2) is 9.91 Å². The van der Waals surface area contributed by atoms with Crippen LogP contribution in [0.1, 0.15) is 12.8 Å². The Morgan fingerprint density at radius 3 is 2.93 bits per heavy atom. The molecular formula is C9H7BrN2O3. The smallest absolute Gasteiger partial charge is 0.315 e. The Balaban J connectivity index is 2.77. The molecule has 0 spiro atoms. The second-order valence-corrected chi connectivity index (χ2v) is 3.91. The lowest BCUT2D eigenvalue weighted by molar-refractivity contribution is -0.383. The molecular weight excluding hydrogens is 264 g/mol. The predicted molar refractivity (Wildman–Crippen MR) is 57.7 cm³/mol. The molecule has 0 fully saturated rings. The van der Waals surface area contributed by atoms with Crippen molar-refractivity contribution in [2.75, 3.05) is 0 Å². The van der Waals surface area contributed by atoms with E-state index in [4.69, 9.17) is 4.42 Å². The number of aromatic nitrogens is 1. The van der Waals surface area contributed by atoms with Crippen molar-refractivity contribution in [3.8, 4) is 0 Å². The Bertz CT molecular complexity index is 535. The highest BCUT2D eigenvalue weighted by atomic mass is 79.9. The van der Waals surface area contributed by atoms with Gasteiger partial charge in [-0.2, -0.15) is 0 Å². The van der Waals surface area contributed by atoms with Crippen molar-refractivity contribution in [3.63, 3.8) is 0 Å². The average molecular weight is 271 g/mol. The minimum atomic E-state index is -0.474. The van der Waals surface area contributed by atoms with Gasteiger partial charge in [-0.15, -0.1) is 0 Å². The normalized spacial score (nSPS) is 10.8. The minimum absolute atomic E-state index is 0.0634. The molecule has 0 atom stereocenters. The third-order valence-electron chi connectivity index (χ3n) is 1.98. The maximum atomic E-state index is 10.8. The van der Waals surface area contributed by atoms with Crippen LogP contribution in [0.25, 0.3) is 11.1 Å². The van der Waals surface area contributed by atoms with Gasteiger partial charge in [0, 0.05) is 17.0 Å². The number of rotatable bonds is 2. The summed E-state index contributed by atoms with van der Waals surface area (Å²) in [5.74, 6) is 0.506. The van der Waals surface area contributed by atoms with Crippen LogP contribution in [0.3, 0.4) is 0 Å². The molecule has 0 radical (unpaired) electrons. The van der Waals surface area contributed by atoms with E-state index in [1.807, 2.05) is 6.92 Å². The number of hydrogen-bond acceptors (Lipinski definition) is 4. The van der Waals surface area contributed by atoms with Crippen LogP contribution >= 0.6 is 15.9 Å². The summed E-state index contributed by atoms with van der Waals surface area (Å²) in [6, 6.07) is 3.11. The predicted octanol–water partition coefficient (Wildman–Crippen LogP) is 3.06. The minimum Gasteiger partial charge on any atom is -0.433 e. The largest absolute Gasteiger partial charge is 0.433 e. The zero-order chi connectivity index (χ0) is 11.0. The van der Waals surface area contributed by atoms with Crippen LogP contribution in [0.15, 0.2) is 21.0 Å². The van der Waals surface area contributed by atoms with E-state index in [1.54, 1.807) is 6.07 Å². The zero-order valence-corrected chi connectivity index (χ0v) is 9.44. The molecule has 1 aromatic carbocycles. The quantitative estimate of drug-likeness (QED) is 0.621. The van der Waals surface area contributed by atoms with Gasteiger partial charge in [-0.05, 0) is 6.07 Å². The molecule has 15 heavy (non-hydrogen) atoms. The first-order valence-corrected chi connectivity index (χ1v) is 5.14. The van der Waals surface area contributed by atoms with Gasteiger partial charge in [0.15, 0.2) is 5.89 Å².